The molecule has 2 fully saturated rings. The molecule has 0 radical (unpaired) electrons. The summed E-state index contributed by atoms with van der Waals surface area (Å²) in [4.78, 5) is 28.8. The lowest BCUT2D eigenvalue weighted by Gasteiger charge is -2.23. The number of benzene rings is 1. The Labute approximate surface area is 145 Å². The van der Waals surface area contributed by atoms with E-state index in [1.165, 1.54) is 18.4 Å². The van der Waals surface area contributed by atoms with Crippen LogP contribution >= 0.6 is 0 Å². The highest BCUT2D eigenvalue weighted by Crippen LogP contribution is 2.41. The molecule has 5 nitrogen and oxygen atoms in total. The van der Waals surface area contributed by atoms with Gasteiger partial charge in [-0.05, 0) is 42.7 Å². The van der Waals surface area contributed by atoms with Crippen molar-refractivity contribution >= 4 is 11.8 Å². The van der Waals surface area contributed by atoms with Gasteiger partial charge in [-0.1, -0.05) is 12.1 Å². The highest BCUT2D eigenvalue weighted by Gasteiger charge is 2.51. The molecule has 2 aliphatic rings. The molecule has 0 bridgehead atoms. The smallest absolute Gasteiger partial charge is 0.289 e. The Balaban J connectivity index is 1.45. The number of hydrogen-bond donors (Lipinski definition) is 0. The molecule has 1 unspecified atom stereocenters. The van der Waals surface area contributed by atoms with Crippen molar-refractivity contribution in [2.24, 2.45) is 5.41 Å². The van der Waals surface area contributed by atoms with E-state index in [1.807, 2.05) is 6.07 Å². The fraction of sp³-hybridized carbons (Fsp3) is 0.368. The first-order valence-electron chi connectivity index (χ1n) is 8.44. The second-order valence-corrected chi connectivity index (χ2v) is 6.84. The molecule has 6 heteroatoms. The molecule has 2 aromatic rings. The number of carbonyl (C=O) groups excluding carboxylic acids is 2. The molecule has 1 spiro atoms. The standard InChI is InChI=1S/C19H19FN2O3/c20-15-4-1-3-14(11-15)12-21-8-6-19(18(21)24)7-9-22(13-19)17(23)16-5-2-10-25-16/h1-5,10-11H,6-9,12-13H2. The van der Waals surface area contributed by atoms with E-state index in [0.29, 0.717) is 38.4 Å². The van der Waals surface area contributed by atoms with E-state index in [-0.39, 0.29) is 17.6 Å². The molecule has 0 N–H and O–H groups in total. The van der Waals surface area contributed by atoms with Crippen LogP contribution in [-0.4, -0.2) is 41.2 Å². The lowest BCUT2D eigenvalue weighted by Crippen LogP contribution is -2.38. The molecule has 2 saturated heterocycles. The highest BCUT2D eigenvalue weighted by atomic mass is 19.1. The van der Waals surface area contributed by atoms with Gasteiger partial charge in [-0.15, -0.1) is 0 Å². The van der Waals surface area contributed by atoms with Crippen LogP contribution in [-0.2, 0) is 11.3 Å². The molecular formula is C19H19FN2O3. The molecule has 25 heavy (non-hydrogen) atoms. The largest absolute Gasteiger partial charge is 0.459 e. The molecular weight excluding hydrogens is 323 g/mol. The Morgan fingerprint density at radius 2 is 2.04 bits per heavy atom. The number of carbonyl (C=O) groups is 2. The summed E-state index contributed by atoms with van der Waals surface area (Å²) in [6.45, 7) is 2.02. The lowest BCUT2D eigenvalue weighted by atomic mass is 9.85. The predicted molar refractivity (Wildman–Crippen MR) is 88.1 cm³/mol. The van der Waals surface area contributed by atoms with Crippen LogP contribution in [0, 0.1) is 11.2 Å². The van der Waals surface area contributed by atoms with E-state index in [0.717, 1.165) is 12.0 Å². The van der Waals surface area contributed by atoms with Crippen molar-refractivity contribution in [1.29, 1.82) is 0 Å². The molecule has 130 valence electrons. The number of hydrogen-bond acceptors (Lipinski definition) is 3. The highest BCUT2D eigenvalue weighted by molar-refractivity contribution is 5.93. The molecule has 4 rings (SSSR count). The van der Waals surface area contributed by atoms with Gasteiger partial charge in [0.2, 0.25) is 5.91 Å². The Morgan fingerprint density at radius 1 is 1.20 bits per heavy atom. The van der Waals surface area contributed by atoms with Crippen molar-refractivity contribution in [3.8, 4) is 0 Å². The first-order chi connectivity index (χ1) is 12.1. The van der Waals surface area contributed by atoms with Gasteiger partial charge >= 0.3 is 0 Å². The molecule has 1 aromatic carbocycles. The van der Waals surface area contributed by atoms with Crippen LogP contribution in [0.15, 0.2) is 47.1 Å². The van der Waals surface area contributed by atoms with E-state index in [9.17, 15) is 14.0 Å². The Bertz CT molecular complexity index is 805. The van der Waals surface area contributed by atoms with Crippen molar-refractivity contribution in [2.45, 2.75) is 19.4 Å². The van der Waals surface area contributed by atoms with Gasteiger partial charge < -0.3 is 14.2 Å². The van der Waals surface area contributed by atoms with E-state index in [2.05, 4.69) is 0 Å². The van der Waals surface area contributed by atoms with Crippen LogP contribution in [0.5, 0.6) is 0 Å². The van der Waals surface area contributed by atoms with Gasteiger partial charge in [0.1, 0.15) is 5.82 Å². The van der Waals surface area contributed by atoms with Crippen LogP contribution in [0.25, 0.3) is 0 Å². The zero-order chi connectivity index (χ0) is 17.4. The maximum atomic E-state index is 13.4. The number of furan rings is 1. The van der Waals surface area contributed by atoms with Crippen LogP contribution in [0.2, 0.25) is 0 Å². The summed E-state index contributed by atoms with van der Waals surface area (Å²) in [5.74, 6) is -0.0983. The third-order valence-corrected chi connectivity index (χ3v) is 5.24. The summed E-state index contributed by atoms with van der Waals surface area (Å²) in [6.07, 6.45) is 2.86. The minimum absolute atomic E-state index is 0.0616. The van der Waals surface area contributed by atoms with Crippen molar-refractivity contribution in [3.05, 3.63) is 59.8 Å². The minimum atomic E-state index is -0.504. The minimum Gasteiger partial charge on any atom is -0.459 e. The van der Waals surface area contributed by atoms with Crippen molar-refractivity contribution < 1.29 is 18.4 Å². The van der Waals surface area contributed by atoms with Gasteiger partial charge in [0.05, 0.1) is 11.7 Å². The average Bonchev–Trinajstić information content (AvgIpc) is 3.33. The van der Waals surface area contributed by atoms with Crippen LogP contribution in [0.1, 0.15) is 29.0 Å². The zero-order valence-electron chi connectivity index (χ0n) is 13.8. The van der Waals surface area contributed by atoms with Gasteiger partial charge in [-0.3, -0.25) is 9.59 Å². The van der Waals surface area contributed by atoms with Crippen LogP contribution in [0.3, 0.4) is 0 Å². The summed E-state index contributed by atoms with van der Waals surface area (Å²) in [5, 5.41) is 0. The summed E-state index contributed by atoms with van der Waals surface area (Å²) in [5.41, 5.74) is 0.280. The second kappa shape index (κ2) is 6.02. The first kappa shape index (κ1) is 15.9. The molecule has 3 heterocycles. The van der Waals surface area contributed by atoms with Gasteiger partial charge in [0.25, 0.3) is 5.91 Å². The Morgan fingerprint density at radius 3 is 2.80 bits per heavy atom. The molecule has 1 atom stereocenters. The van der Waals surface area contributed by atoms with Crippen molar-refractivity contribution in [3.63, 3.8) is 0 Å². The quantitative estimate of drug-likeness (QED) is 0.862. The molecule has 0 saturated carbocycles. The SMILES string of the molecule is O=C(c1ccco1)N1CCC2(CCN(Cc3cccc(F)c3)C2=O)C1. The van der Waals surface area contributed by atoms with Crippen molar-refractivity contribution in [1.82, 2.24) is 9.80 Å². The lowest BCUT2D eigenvalue weighted by molar-refractivity contribution is -0.135. The molecule has 0 aliphatic carbocycles. The summed E-state index contributed by atoms with van der Waals surface area (Å²) < 4.78 is 18.5. The monoisotopic (exact) mass is 342 g/mol. The average molecular weight is 342 g/mol. The fourth-order valence-electron chi connectivity index (χ4n) is 3.88. The van der Waals surface area contributed by atoms with Crippen LogP contribution in [0.4, 0.5) is 4.39 Å². The Kier molecular flexibility index (Phi) is 3.82. The Hall–Kier alpha value is -2.63. The zero-order valence-corrected chi connectivity index (χ0v) is 13.8. The van der Waals surface area contributed by atoms with Crippen molar-refractivity contribution in [2.75, 3.05) is 19.6 Å². The van der Waals surface area contributed by atoms with E-state index < -0.39 is 5.41 Å². The first-order valence-corrected chi connectivity index (χ1v) is 8.44. The third kappa shape index (κ3) is 2.81. The van der Waals surface area contributed by atoms with Gasteiger partial charge in [0.15, 0.2) is 5.76 Å². The van der Waals surface area contributed by atoms with Gasteiger partial charge in [-0.2, -0.15) is 0 Å². The van der Waals surface area contributed by atoms with Crippen LogP contribution < -0.4 is 0 Å². The topological polar surface area (TPSA) is 53.8 Å². The number of halogens is 1. The number of amides is 2. The number of likely N-dealkylation sites (tertiary alicyclic amines) is 2. The predicted octanol–water partition coefficient (Wildman–Crippen LogP) is 2.68. The van der Waals surface area contributed by atoms with E-state index >= 15 is 0 Å². The van der Waals surface area contributed by atoms with Gasteiger partial charge in [0, 0.05) is 26.2 Å². The van der Waals surface area contributed by atoms with E-state index in [4.69, 9.17) is 4.42 Å². The summed E-state index contributed by atoms with van der Waals surface area (Å²) in [7, 11) is 0. The maximum Gasteiger partial charge on any atom is 0.289 e. The molecule has 2 aliphatic heterocycles. The third-order valence-electron chi connectivity index (χ3n) is 5.24. The normalized spacial score (nSPS) is 23.0. The number of nitrogens with zero attached hydrogens (tertiary/aromatic N) is 2. The van der Waals surface area contributed by atoms with Gasteiger partial charge in [-0.25, -0.2) is 4.39 Å². The fourth-order valence-corrected chi connectivity index (χ4v) is 3.88. The number of rotatable bonds is 3. The maximum absolute atomic E-state index is 13.4. The van der Waals surface area contributed by atoms with E-state index in [1.54, 1.807) is 28.0 Å². The molecule has 1 aromatic heterocycles. The summed E-state index contributed by atoms with van der Waals surface area (Å²) in [6, 6.07) is 9.65. The summed E-state index contributed by atoms with van der Waals surface area (Å²) >= 11 is 0. The second-order valence-electron chi connectivity index (χ2n) is 6.84. The molecule has 2 amide bonds.